The van der Waals surface area contributed by atoms with Gasteiger partial charge in [-0.2, -0.15) is 0 Å². The van der Waals surface area contributed by atoms with E-state index in [0.717, 1.165) is 19.1 Å². The fourth-order valence-electron chi connectivity index (χ4n) is 0.903. The van der Waals surface area contributed by atoms with Crippen LogP contribution in [0.25, 0.3) is 0 Å². The molecule has 18 heavy (non-hydrogen) atoms. The van der Waals surface area contributed by atoms with Crippen LogP contribution in [0.4, 0.5) is 4.79 Å². The van der Waals surface area contributed by atoms with E-state index in [1.807, 2.05) is 5.32 Å². The van der Waals surface area contributed by atoms with Gasteiger partial charge in [0.05, 0.1) is 14.2 Å². The number of nitrogens with zero attached hydrogens (tertiary/aromatic N) is 1. The highest BCUT2D eigenvalue weighted by atomic mass is 16.5. The van der Waals surface area contributed by atoms with Crippen molar-refractivity contribution in [2.45, 2.75) is 0 Å². The molecule has 0 saturated carbocycles. The molecule has 0 radical (unpaired) electrons. The van der Waals surface area contributed by atoms with Gasteiger partial charge < -0.3 is 24.8 Å². The van der Waals surface area contributed by atoms with Crippen LogP contribution >= 0.6 is 0 Å². The summed E-state index contributed by atoms with van der Waals surface area (Å²) in [6.07, 6.45) is 0. The number of aliphatic carboxylic acids is 1. The Morgan fingerprint density at radius 3 is 1.83 bits per heavy atom. The second-order valence-corrected chi connectivity index (χ2v) is 3.06. The zero-order valence-electron chi connectivity index (χ0n) is 9.97. The molecule has 0 aromatic heterocycles. The third kappa shape index (κ3) is 6.30. The summed E-state index contributed by atoms with van der Waals surface area (Å²) < 4.78 is 8.69. The number of hydrogen-bond acceptors (Lipinski definition) is 6. The Labute approximate surface area is 103 Å². The number of carbonyl (C=O) groups excluding carboxylic acids is 3. The first-order chi connectivity index (χ1) is 8.40. The fourth-order valence-corrected chi connectivity index (χ4v) is 0.903. The summed E-state index contributed by atoms with van der Waals surface area (Å²) in [6, 6.07) is -0.881. The number of carbonyl (C=O) groups is 4. The summed E-state index contributed by atoms with van der Waals surface area (Å²) in [7, 11) is 2.24. The van der Waals surface area contributed by atoms with Crippen molar-refractivity contribution in [2.24, 2.45) is 0 Å². The molecule has 2 N–H and O–H groups in total. The quantitative estimate of drug-likeness (QED) is 0.554. The first-order valence-corrected chi connectivity index (χ1v) is 4.79. The average Bonchev–Trinajstić information content (AvgIpc) is 2.34. The van der Waals surface area contributed by atoms with E-state index in [9.17, 15) is 19.2 Å². The molecule has 0 aliphatic carbocycles. The van der Waals surface area contributed by atoms with Crippen molar-refractivity contribution in [3.8, 4) is 0 Å². The van der Waals surface area contributed by atoms with Crippen LogP contribution in [0.1, 0.15) is 0 Å². The maximum atomic E-state index is 11.5. The Morgan fingerprint density at radius 2 is 1.50 bits per heavy atom. The molecule has 9 nitrogen and oxygen atoms in total. The predicted molar refractivity (Wildman–Crippen MR) is 56.6 cm³/mol. The van der Waals surface area contributed by atoms with Gasteiger partial charge >= 0.3 is 23.9 Å². The summed E-state index contributed by atoms with van der Waals surface area (Å²) in [5, 5.41) is 10.4. The summed E-state index contributed by atoms with van der Waals surface area (Å²) in [5.74, 6) is -2.74. The van der Waals surface area contributed by atoms with Gasteiger partial charge in [-0.1, -0.05) is 0 Å². The van der Waals surface area contributed by atoms with Crippen molar-refractivity contribution in [2.75, 3.05) is 33.9 Å². The molecule has 2 amide bonds. The van der Waals surface area contributed by atoms with Crippen LogP contribution < -0.4 is 5.32 Å². The van der Waals surface area contributed by atoms with Gasteiger partial charge in [0.1, 0.15) is 19.6 Å². The van der Waals surface area contributed by atoms with Crippen molar-refractivity contribution in [1.29, 1.82) is 0 Å². The molecule has 0 spiro atoms. The molecule has 0 aromatic carbocycles. The molecule has 0 rings (SSSR count). The second kappa shape index (κ2) is 7.87. The molecule has 0 heterocycles. The van der Waals surface area contributed by atoms with E-state index in [2.05, 4.69) is 9.47 Å². The van der Waals surface area contributed by atoms with Gasteiger partial charge in [0, 0.05) is 0 Å². The van der Waals surface area contributed by atoms with Crippen LogP contribution in [0.2, 0.25) is 0 Å². The summed E-state index contributed by atoms with van der Waals surface area (Å²) >= 11 is 0. The van der Waals surface area contributed by atoms with E-state index >= 15 is 0 Å². The zero-order valence-corrected chi connectivity index (χ0v) is 9.97. The topological polar surface area (TPSA) is 122 Å². The highest BCUT2D eigenvalue weighted by molar-refractivity contribution is 5.86. The van der Waals surface area contributed by atoms with E-state index in [-0.39, 0.29) is 0 Å². The number of amides is 2. The lowest BCUT2D eigenvalue weighted by Crippen LogP contribution is -2.47. The third-order valence-electron chi connectivity index (χ3n) is 1.77. The van der Waals surface area contributed by atoms with Crippen LogP contribution in [0, 0.1) is 0 Å². The maximum absolute atomic E-state index is 11.5. The Balaban J connectivity index is 4.52. The molecule has 9 heteroatoms. The number of ether oxygens (including phenoxy) is 2. The van der Waals surface area contributed by atoms with E-state index in [4.69, 9.17) is 5.11 Å². The summed E-state index contributed by atoms with van der Waals surface area (Å²) in [4.78, 5) is 44.6. The second-order valence-electron chi connectivity index (χ2n) is 3.06. The highest BCUT2D eigenvalue weighted by Gasteiger charge is 2.21. The maximum Gasteiger partial charge on any atom is 0.325 e. The number of esters is 2. The van der Waals surface area contributed by atoms with Crippen LogP contribution in [0.5, 0.6) is 0 Å². The Hall–Kier alpha value is -2.32. The number of urea groups is 1. The van der Waals surface area contributed by atoms with Gasteiger partial charge in [0.15, 0.2) is 0 Å². The van der Waals surface area contributed by atoms with Gasteiger partial charge in [0.2, 0.25) is 0 Å². The van der Waals surface area contributed by atoms with E-state index < -0.39 is 43.6 Å². The smallest absolute Gasteiger partial charge is 0.325 e. The van der Waals surface area contributed by atoms with Gasteiger partial charge in [-0.25, -0.2) is 4.79 Å². The lowest BCUT2D eigenvalue weighted by molar-refractivity contribution is -0.144. The molecule has 0 fully saturated rings. The molecule has 0 aromatic rings. The minimum absolute atomic E-state index is 0.489. The van der Waals surface area contributed by atoms with Crippen LogP contribution in [-0.4, -0.2) is 67.8 Å². The van der Waals surface area contributed by atoms with Crippen molar-refractivity contribution in [3.63, 3.8) is 0 Å². The standard InChI is InChI=1S/C9H14N2O7/c1-17-7(14)4-11(5-8(15)18-2)9(16)10-3-6(12)13/h3-5H2,1-2H3,(H,10,16)(H,12,13). The normalized spacial score (nSPS) is 9.22. The minimum Gasteiger partial charge on any atom is -0.480 e. The number of methoxy groups -OCH3 is 2. The predicted octanol–water partition coefficient (Wildman–Crippen LogP) is -1.57. The third-order valence-corrected chi connectivity index (χ3v) is 1.77. The lowest BCUT2D eigenvalue weighted by atomic mass is 10.5. The number of carboxylic acid groups (broad SMARTS) is 1. The first kappa shape index (κ1) is 15.7. The number of carboxylic acids is 1. The Morgan fingerprint density at radius 1 is 1.06 bits per heavy atom. The first-order valence-electron chi connectivity index (χ1n) is 4.79. The molecule has 0 aliphatic heterocycles. The van der Waals surface area contributed by atoms with E-state index in [0.29, 0.717) is 0 Å². The molecular weight excluding hydrogens is 248 g/mol. The van der Waals surface area contributed by atoms with E-state index in [1.165, 1.54) is 0 Å². The van der Waals surface area contributed by atoms with Gasteiger partial charge in [-0.05, 0) is 0 Å². The minimum atomic E-state index is -1.25. The number of hydrogen-bond donors (Lipinski definition) is 2. The number of nitrogens with one attached hydrogen (secondary N) is 1. The van der Waals surface area contributed by atoms with Crippen molar-refractivity contribution in [3.05, 3.63) is 0 Å². The average molecular weight is 262 g/mol. The summed E-state index contributed by atoms with van der Waals surface area (Å²) in [5.41, 5.74) is 0. The monoisotopic (exact) mass is 262 g/mol. The molecular formula is C9H14N2O7. The number of rotatable bonds is 6. The Bertz CT molecular complexity index is 324. The lowest BCUT2D eigenvalue weighted by Gasteiger charge is -2.19. The van der Waals surface area contributed by atoms with Gasteiger partial charge in [-0.3, -0.25) is 14.4 Å². The molecule has 0 unspecified atom stereocenters. The SMILES string of the molecule is COC(=O)CN(CC(=O)OC)C(=O)NCC(=O)O. The van der Waals surface area contributed by atoms with Gasteiger partial charge in [-0.15, -0.1) is 0 Å². The molecule has 0 aliphatic rings. The zero-order chi connectivity index (χ0) is 14.1. The van der Waals surface area contributed by atoms with Crippen LogP contribution in [-0.2, 0) is 23.9 Å². The molecule has 102 valence electrons. The molecule has 0 saturated heterocycles. The van der Waals surface area contributed by atoms with Crippen molar-refractivity contribution >= 4 is 23.9 Å². The fraction of sp³-hybridized carbons (Fsp3) is 0.556. The largest absolute Gasteiger partial charge is 0.480 e. The van der Waals surface area contributed by atoms with Crippen molar-refractivity contribution in [1.82, 2.24) is 10.2 Å². The van der Waals surface area contributed by atoms with Crippen molar-refractivity contribution < 1.29 is 33.8 Å². The van der Waals surface area contributed by atoms with Crippen LogP contribution in [0.15, 0.2) is 0 Å². The molecule has 0 bridgehead atoms. The van der Waals surface area contributed by atoms with Crippen LogP contribution in [0.3, 0.4) is 0 Å². The van der Waals surface area contributed by atoms with E-state index in [1.54, 1.807) is 0 Å². The molecule has 0 atom stereocenters. The Kier molecular flexibility index (Phi) is 6.86. The van der Waals surface area contributed by atoms with Gasteiger partial charge in [0.25, 0.3) is 0 Å². The highest BCUT2D eigenvalue weighted by Crippen LogP contribution is 1.93. The summed E-state index contributed by atoms with van der Waals surface area (Å²) in [6.45, 7) is -1.61.